The fourth-order valence-corrected chi connectivity index (χ4v) is 3.92. The Kier molecular flexibility index (Phi) is 5.80. The van der Waals surface area contributed by atoms with Crippen LogP contribution in [0.4, 0.5) is 5.69 Å². The van der Waals surface area contributed by atoms with Crippen LogP contribution in [0, 0.1) is 10.1 Å². The molecule has 0 fully saturated rings. The molecule has 1 heterocycles. The average molecular weight is 410 g/mol. The third kappa shape index (κ3) is 4.64. The Labute approximate surface area is 161 Å². The summed E-state index contributed by atoms with van der Waals surface area (Å²) in [6, 6.07) is 14.0. The summed E-state index contributed by atoms with van der Waals surface area (Å²) in [6.45, 7) is 0. The van der Waals surface area contributed by atoms with Gasteiger partial charge in [0.1, 0.15) is 6.33 Å². The van der Waals surface area contributed by atoms with Crippen molar-refractivity contribution in [2.24, 2.45) is 0 Å². The summed E-state index contributed by atoms with van der Waals surface area (Å²) in [4.78, 5) is 20.9. The van der Waals surface area contributed by atoms with Gasteiger partial charge in [0.15, 0.2) is 10.1 Å². The second-order valence-electron chi connectivity index (χ2n) is 4.70. The molecule has 1 aromatic heterocycles. The quantitative estimate of drug-likeness (QED) is 0.292. The van der Waals surface area contributed by atoms with E-state index in [0.717, 1.165) is 9.79 Å². The highest BCUT2D eigenvalue weighted by molar-refractivity contribution is 8.00. The van der Waals surface area contributed by atoms with E-state index in [9.17, 15) is 10.1 Å². The fraction of sp³-hybridized carbons (Fsp3) is 0. The Morgan fingerprint density at radius 1 is 0.800 bits per heavy atom. The lowest BCUT2D eigenvalue weighted by atomic mass is 10.4. The van der Waals surface area contributed by atoms with Gasteiger partial charge in [-0.2, -0.15) is 0 Å². The Hall–Kier alpha value is -1.80. The van der Waals surface area contributed by atoms with Crippen molar-refractivity contribution >= 4 is 52.4 Å². The van der Waals surface area contributed by atoms with Crippen molar-refractivity contribution in [3.63, 3.8) is 0 Å². The standard InChI is InChI=1S/C16H9Cl2N3O2S2/c17-10-1-5-12(6-2-10)24-15-14(21(22)23)16(20-9-19-15)25-13-7-3-11(18)4-8-13/h1-9H. The summed E-state index contributed by atoms with van der Waals surface area (Å²) in [7, 11) is 0. The van der Waals surface area contributed by atoms with Crippen molar-refractivity contribution in [3.05, 3.63) is 75.0 Å². The van der Waals surface area contributed by atoms with Crippen molar-refractivity contribution in [1.82, 2.24) is 9.97 Å². The van der Waals surface area contributed by atoms with E-state index in [0.29, 0.717) is 10.0 Å². The third-order valence-corrected chi connectivity index (χ3v) is 5.50. The van der Waals surface area contributed by atoms with Crippen LogP contribution in [0.5, 0.6) is 0 Å². The summed E-state index contributed by atoms with van der Waals surface area (Å²) in [5.74, 6) is 0. The lowest BCUT2D eigenvalue weighted by Gasteiger charge is -2.06. The van der Waals surface area contributed by atoms with E-state index >= 15 is 0 Å². The van der Waals surface area contributed by atoms with Crippen LogP contribution in [-0.2, 0) is 0 Å². The molecule has 0 saturated heterocycles. The summed E-state index contributed by atoms with van der Waals surface area (Å²) in [6.07, 6.45) is 1.32. The number of halogens is 2. The van der Waals surface area contributed by atoms with Crippen LogP contribution in [0.3, 0.4) is 0 Å². The fourth-order valence-electron chi connectivity index (χ4n) is 1.88. The van der Waals surface area contributed by atoms with E-state index in [4.69, 9.17) is 23.2 Å². The summed E-state index contributed by atoms with van der Waals surface area (Å²) < 4.78 is 0. The van der Waals surface area contributed by atoms with E-state index < -0.39 is 4.92 Å². The zero-order chi connectivity index (χ0) is 17.8. The number of hydrogen-bond donors (Lipinski definition) is 0. The zero-order valence-electron chi connectivity index (χ0n) is 12.4. The molecular formula is C16H9Cl2N3O2S2. The maximum Gasteiger partial charge on any atom is 0.333 e. The van der Waals surface area contributed by atoms with Gasteiger partial charge in [0.05, 0.1) is 4.92 Å². The molecule has 0 aliphatic rings. The summed E-state index contributed by atoms with van der Waals surface area (Å²) >= 11 is 14.1. The van der Waals surface area contributed by atoms with Gasteiger partial charge in [0.25, 0.3) is 0 Å². The van der Waals surface area contributed by atoms with Gasteiger partial charge in [-0.3, -0.25) is 10.1 Å². The molecule has 5 nitrogen and oxygen atoms in total. The molecule has 0 saturated carbocycles. The van der Waals surface area contributed by atoms with Crippen LogP contribution in [0.25, 0.3) is 0 Å². The first kappa shape index (κ1) is 18.0. The van der Waals surface area contributed by atoms with Crippen molar-refractivity contribution < 1.29 is 4.92 Å². The first-order valence-electron chi connectivity index (χ1n) is 6.89. The molecule has 126 valence electrons. The van der Waals surface area contributed by atoms with Crippen molar-refractivity contribution in [2.45, 2.75) is 19.8 Å². The molecule has 0 atom stereocenters. The predicted molar refractivity (Wildman–Crippen MR) is 99.8 cm³/mol. The second-order valence-corrected chi connectivity index (χ2v) is 7.70. The third-order valence-electron chi connectivity index (χ3n) is 2.99. The maximum absolute atomic E-state index is 11.6. The van der Waals surface area contributed by atoms with E-state index in [1.807, 2.05) is 0 Å². The number of nitro groups is 1. The van der Waals surface area contributed by atoms with Gasteiger partial charge >= 0.3 is 5.69 Å². The average Bonchev–Trinajstić information content (AvgIpc) is 2.59. The molecule has 0 bridgehead atoms. The van der Waals surface area contributed by atoms with Gasteiger partial charge in [-0.15, -0.1) is 0 Å². The minimum atomic E-state index is -0.462. The number of nitrogens with zero attached hydrogens (tertiary/aromatic N) is 3. The highest BCUT2D eigenvalue weighted by Gasteiger charge is 2.24. The number of rotatable bonds is 5. The number of hydrogen-bond acceptors (Lipinski definition) is 6. The largest absolute Gasteiger partial charge is 0.333 e. The lowest BCUT2D eigenvalue weighted by Crippen LogP contribution is -1.98. The molecule has 3 aromatic rings. The monoisotopic (exact) mass is 409 g/mol. The van der Waals surface area contributed by atoms with E-state index in [-0.39, 0.29) is 15.7 Å². The molecule has 0 aliphatic heterocycles. The molecule has 3 rings (SSSR count). The van der Waals surface area contributed by atoms with Gasteiger partial charge in [0.2, 0.25) is 0 Å². The highest BCUT2D eigenvalue weighted by atomic mass is 35.5. The molecule has 2 aromatic carbocycles. The van der Waals surface area contributed by atoms with Gasteiger partial charge in [0, 0.05) is 19.8 Å². The van der Waals surface area contributed by atoms with Crippen LogP contribution < -0.4 is 0 Å². The summed E-state index contributed by atoms with van der Waals surface area (Å²) in [5.41, 5.74) is -0.123. The van der Waals surface area contributed by atoms with Crippen LogP contribution >= 0.6 is 46.7 Å². The summed E-state index contributed by atoms with van der Waals surface area (Å²) in [5, 5.41) is 13.3. The van der Waals surface area contributed by atoms with Gasteiger partial charge < -0.3 is 0 Å². The van der Waals surface area contributed by atoms with Crippen molar-refractivity contribution in [3.8, 4) is 0 Å². The minimum absolute atomic E-state index is 0.123. The number of aromatic nitrogens is 2. The van der Waals surface area contributed by atoms with E-state index in [1.165, 1.54) is 29.9 Å². The molecule has 0 aliphatic carbocycles. The Morgan fingerprint density at radius 3 is 1.56 bits per heavy atom. The second kappa shape index (κ2) is 8.05. The molecule has 0 amide bonds. The van der Waals surface area contributed by atoms with Gasteiger partial charge in [-0.05, 0) is 48.5 Å². The predicted octanol–water partition coefficient (Wildman–Crippen LogP) is 5.99. The normalized spacial score (nSPS) is 10.6. The maximum atomic E-state index is 11.6. The molecule has 25 heavy (non-hydrogen) atoms. The molecule has 9 heteroatoms. The lowest BCUT2D eigenvalue weighted by molar-refractivity contribution is -0.391. The van der Waals surface area contributed by atoms with Crippen LogP contribution in [0.1, 0.15) is 0 Å². The smallest absolute Gasteiger partial charge is 0.258 e. The Balaban J connectivity index is 1.94. The van der Waals surface area contributed by atoms with Gasteiger partial charge in [-0.25, -0.2) is 9.97 Å². The topological polar surface area (TPSA) is 68.9 Å². The molecule has 0 unspecified atom stereocenters. The van der Waals surface area contributed by atoms with Crippen LogP contribution in [0.15, 0.2) is 74.7 Å². The molecule has 0 N–H and O–H groups in total. The number of benzene rings is 2. The first-order chi connectivity index (χ1) is 12.0. The SMILES string of the molecule is O=[N+]([O-])c1c(Sc2ccc(Cl)cc2)ncnc1Sc1ccc(Cl)cc1. The van der Waals surface area contributed by atoms with Crippen LogP contribution in [-0.4, -0.2) is 14.9 Å². The zero-order valence-corrected chi connectivity index (χ0v) is 15.6. The molecular weight excluding hydrogens is 401 g/mol. The Bertz CT molecular complexity index is 841. The van der Waals surface area contributed by atoms with Crippen LogP contribution in [0.2, 0.25) is 10.0 Å². The van der Waals surface area contributed by atoms with Crippen molar-refractivity contribution in [2.75, 3.05) is 0 Å². The van der Waals surface area contributed by atoms with Crippen molar-refractivity contribution in [1.29, 1.82) is 0 Å². The molecule has 0 radical (unpaired) electrons. The van der Waals surface area contributed by atoms with E-state index in [2.05, 4.69) is 9.97 Å². The van der Waals surface area contributed by atoms with Gasteiger partial charge in [-0.1, -0.05) is 46.7 Å². The Morgan fingerprint density at radius 2 is 1.20 bits per heavy atom. The van der Waals surface area contributed by atoms with E-state index in [1.54, 1.807) is 48.5 Å². The highest BCUT2D eigenvalue weighted by Crippen LogP contribution is 2.40. The first-order valence-corrected chi connectivity index (χ1v) is 9.28. The molecule has 0 spiro atoms. The minimum Gasteiger partial charge on any atom is -0.258 e.